The molecule has 2 aliphatic carbocycles. The summed E-state index contributed by atoms with van der Waals surface area (Å²) in [5.74, 6) is 0. The van der Waals surface area contributed by atoms with E-state index < -0.39 is 21.3 Å². The number of benzene rings is 4. The largest absolute Gasteiger partial charge is 1.00 e. The first kappa shape index (κ1) is 30.1. The van der Waals surface area contributed by atoms with Crippen LogP contribution in [0.1, 0.15) is 39.8 Å². The van der Waals surface area contributed by atoms with E-state index in [0.29, 0.717) is 0 Å². The van der Waals surface area contributed by atoms with E-state index in [1.165, 1.54) is 38.9 Å². The van der Waals surface area contributed by atoms with Crippen molar-refractivity contribution in [1.82, 2.24) is 0 Å². The maximum Gasteiger partial charge on any atom is -1.00 e. The molecule has 0 bridgehead atoms. The topological polar surface area (TPSA) is 0 Å². The molecular formula is C37H32Cl2Zr. The number of rotatable bonds is 8. The molecule has 0 radical (unpaired) electrons. The van der Waals surface area contributed by atoms with E-state index in [9.17, 15) is 0 Å². The number of fused-ring (bicyclic) bond motifs is 3. The van der Waals surface area contributed by atoms with Crippen molar-refractivity contribution in [2.45, 2.75) is 25.7 Å². The van der Waals surface area contributed by atoms with Gasteiger partial charge in [-0.3, -0.25) is 0 Å². The summed E-state index contributed by atoms with van der Waals surface area (Å²) in [5, 5.41) is 0. The third-order valence-corrected chi connectivity index (χ3v) is 15.3. The Labute approximate surface area is 258 Å². The van der Waals surface area contributed by atoms with Crippen molar-refractivity contribution in [3.63, 3.8) is 0 Å². The Morgan fingerprint density at radius 3 is 1.93 bits per heavy atom. The summed E-state index contributed by atoms with van der Waals surface area (Å²) in [5.41, 5.74) is 11.0. The molecule has 0 heterocycles. The van der Waals surface area contributed by atoms with E-state index in [1.54, 1.807) is 15.3 Å². The second-order valence-electron chi connectivity index (χ2n) is 10.2. The van der Waals surface area contributed by atoms with Gasteiger partial charge in [0.05, 0.1) is 0 Å². The van der Waals surface area contributed by atoms with E-state index in [0.717, 1.165) is 25.7 Å². The molecule has 0 saturated carbocycles. The van der Waals surface area contributed by atoms with E-state index in [1.807, 2.05) is 12.2 Å². The maximum atomic E-state index is 4.20. The fourth-order valence-corrected chi connectivity index (χ4v) is 14.2. The molecule has 4 aromatic rings. The number of allylic oxidation sites excluding steroid dienone is 4. The van der Waals surface area contributed by atoms with Crippen LogP contribution in [0, 0.1) is 0 Å². The summed E-state index contributed by atoms with van der Waals surface area (Å²) in [6.45, 7) is 8.22. The fourth-order valence-electron chi connectivity index (χ4n) is 5.93. The van der Waals surface area contributed by atoms with E-state index >= 15 is 0 Å². The van der Waals surface area contributed by atoms with Gasteiger partial charge in [0, 0.05) is 0 Å². The van der Waals surface area contributed by atoms with Crippen molar-refractivity contribution in [2.24, 2.45) is 0 Å². The van der Waals surface area contributed by atoms with Gasteiger partial charge in [0.2, 0.25) is 0 Å². The van der Waals surface area contributed by atoms with Gasteiger partial charge < -0.3 is 24.8 Å². The maximum absolute atomic E-state index is 4.20. The van der Waals surface area contributed by atoms with E-state index in [-0.39, 0.29) is 24.8 Å². The normalized spacial score (nSPS) is 12.1. The molecule has 0 saturated heterocycles. The minimum absolute atomic E-state index is 0. The molecule has 40 heavy (non-hydrogen) atoms. The van der Waals surface area contributed by atoms with Crippen LogP contribution < -0.4 is 28.1 Å². The molecule has 0 fully saturated rings. The Balaban J connectivity index is 0.00000185. The summed E-state index contributed by atoms with van der Waals surface area (Å²) >= 11 is -2.49. The first-order chi connectivity index (χ1) is 18.7. The predicted octanol–water partition coefficient (Wildman–Crippen LogP) is 2.30. The smallest absolute Gasteiger partial charge is 1.00 e. The van der Waals surface area contributed by atoms with Crippen LogP contribution in [-0.4, -0.2) is 3.21 Å². The van der Waals surface area contributed by atoms with Crippen LogP contribution in [0.3, 0.4) is 0 Å². The summed E-state index contributed by atoms with van der Waals surface area (Å²) in [6, 6.07) is 33.8. The zero-order chi connectivity index (χ0) is 25.9. The second kappa shape index (κ2) is 13.7. The van der Waals surface area contributed by atoms with Crippen LogP contribution in [0.4, 0.5) is 0 Å². The van der Waals surface area contributed by atoms with Crippen molar-refractivity contribution in [1.29, 1.82) is 0 Å². The average molecular weight is 639 g/mol. The van der Waals surface area contributed by atoms with E-state index in [2.05, 4.69) is 122 Å². The molecule has 198 valence electrons. The Bertz CT molecular complexity index is 1580. The van der Waals surface area contributed by atoms with Gasteiger partial charge in [0.1, 0.15) is 0 Å². The molecular weight excluding hydrogens is 607 g/mol. The van der Waals surface area contributed by atoms with Crippen molar-refractivity contribution in [3.05, 3.63) is 159 Å². The van der Waals surface area contributed by atoms with Gasteiger partial charge in [0.25, 0.3) is 0 Å². The summed E-state index contributed by atoms with van der Waals surface area (Å²) < 4.78 is 5.05. The van der Waals surface area contributed by atoms with Crippen LogP contribution in [0.2, 0.25) is 0 Å². The molecule has 6 rings (SSSR count). The monoisotopic (exact) mass is 636 g/mol. The third-order valence-electron chi connectivity index (χ3n) is 7.77. The molecule has 0 amide bonds. The molecule has 0 N–H and O–H groups in total. The van der Waals surface area contributed by atoms with Gasteiger partial charge in [0.15, 0.2) is 0 Å². The first-order valence-corrected chi connectivity index (χ1v) is 17.1. The van der Waals surface area contributed by atoms with Crippen LogP contribution in [-0.2, 0) is 40.5 Å². The molecule has 0 nitrogen and oxygen atoms in total. The van der Waals surface area contributed by atoms with Crippen LogP contribution in [0.15, 0.2) is 126 Å². The number of hydrogen-bond acceptors (Lipinski definition) is 0. The Kier molecular flexibility index (Phi) is 10.3. The molecule has 0 unspecified atom stereocenters. The van der Waals surface area contributed by atoms with E-state index in [4.69, 9.17) is 0 Å². The molecule has 0 atom stereocenters. The predicted molar refractivity (Wildman–Crippen MR) is 162 cm³/mol. The summed E-state index contributed by atoms with van der Waals surface area (Å²) in [6.07, 6.45) is 15.3. The van der Waals surface area contributed by atoms with Crippen molar-refractivity contribution < 1.29 is 46.1 Å². The van der Waals surface area contributed by atoms with Crippen LogP contribution >= 0.6 is 0 Å². The van der Waals surface area contributed by atoms with Crippen molar-refractivity contribution >= 4 is 18.6 Å². The molecule has 2 aliphatic rings. The average Bonchev–Trinajstić information content (AvgIpc) is 3.62. The first-order valence-electron chi connectivity index (χ1n) is 13.4. The van der Waals surface area contributed by atoms with Crippen molar-refractivity contribution in [3.8, 4) is 11.1 Å². The third kappa shape index (κ3) is 6.23. The number of halogens is 2. The van der Waals surface area contributed by atoms with Crippen LogP contribution in [0.5, 0.6) is 0 Å². The van der Waals surface area contributed by atoms with Gasteiger partial charge >= 0.3 is 236 Å². The summed E-state index contributed by atoms with van der Waals surface area (Å²) in [4.78, 5) is 0. The fraction of sp³-hybridized carbons (Fsp3) is 0.108. The molecule has 0 spiro atoms. The van der Waals surface area contributed by atoms with Gasteiger partial charge in [-0.15, -0.1) is 0 Å². The minimum atomic E-state index is -2.49. The molecule has 3 heteroatoms. The van der Waals surface area contributed by atoms with Crippen molar-refractivity contribution in [2.75, 3.05) is 0 Å². The Morgan fingerprint density at radius 2 is 1.35 bits per heavy atom. The summed E-state index contributed by atoms with van der Waals surface area (Å²) in [7, 11) is 0. The zero-order valence-corrected chi connectivity index (χ0v) is 26.5. The quantitative estimate of drug-likeness (QED) is 0.245. The SMILES string of the molecule is C=Cc1ccc2c(c1)-c1cc(C=C)c[c]([Zr+2]([C]3=CC=CC3)=[C](Cc3ccccc3)Cc3ccccc3)c1C2.[Cl-].[Cl-]. The Hall–Kier alpha value is -2.83. The Morgan fingerprint density at radius 1 is 0.725 bits per heavy atom. The van der Waals surface area contributed by atoms with Gasteiger partial charge in [-0.1, -0.05) is 0 Å². The standard InChI is InChI=1S/C17H13.C15H14.C5H5.2ClH.Zr/c1-3-12-5-7-14-11-15-8-6-13(4-2)10-17(15)16(14)9-12;1-3-8-14(9-4-1)12-7-13-15-10-5-2-6-11-15;1-2-4-5-3-1;;;/h3-7,9-10H,1-2,11H2;1-6,8-11H,12-13H2;1-3H,4H2;2*1H;/q;;;;;+2/p-2. The van der Waals surface area contributed by atoms with Crippen LogP contribution in [0.25, 0.3) is 23.3 Å². The zero-order valence-electron chi connectivity index (χ0n) is 22.5. The second-order valence-corrected chi connectivity index (χ2v) is 16.7. The number of hydrogen-bond donors (Lipinski definition) is 0. The van der Waals surface area contributed by atoms with Gasteiger partial charge in [-0.05, 0) is 0 Å². The molecule has 4 aromatic carbocycles. The molecule has 0 aliphatic heterocycles. The van der Waals surface area contributed by atoms with Gasteiger partial charge in [-0.25, -0.2) is 0 Å². The minimum Gasteiger partial charge on any atom is -1.00 e. The van der Waals surface area contributed by atoms with Gasteiger partial charge in [-0.2, -0.15) is 0 Å². The molecule has 0 aromatic heterocycles.